The van der Waals surface area contributed by atoms with Crippen LogP contribution in [0.25, 0.3) is 11.3 Å². The number of nitrogens with one attached hydrogen (secondary N) is 1. The van der Waals surface area contributed by atoms with Crippen molar-refractivity contribution >= 4 is 5.95 Å². The van der Waals surface area contributed by atoms with Gasteiger partial charge in [0, 0.05) is 18.8 Å². The highest BCUT2D eigenvalue weighted by atomic mass is 19.2. The molecule has 1 N–H and O–H groups in total. The first kappa shape index (κ1) is 10.5. The van der Waals surface area contributed by atoms with E-state index in [9.17, 15) is 8.78 Å². The number of benzene rings is 1. The molecule has 0 aliphatic heterocycles. The number of hydrogen-bond acceptors (Lipinski definition) is 3. The molecule has 0 atom stereocenters. The Morgan fingerprint density at radius 3 is 2.75 bits per heavy atom. The number of rotatable bonds is 2. The van der Waals surface area contributed by atoms with Gasteiger partial charge < -0.3 is 5.32 Å². The SMILES string of the molecule is CNc1nccc(-c2cccc(F)c2F)n1. The molecule has 0 unspecified atom stereocenters. The van der Waals surface area contributed by atoms with Gasteiger partial charge in [0.25, 0.3) is 0 Å². The van der Waals surface area contributed by atoms with Crippen molar-refractivity contribution < 1.29 is 8.78 Å². The summed E-state index contributed by atoms with van der Waals surface area (Å²) in [6, 6.07) is 5.51. The van der Waals surface area contributed by atoms with Crippen LogP contribution in [0.4, 0.5) is 14.7 Å². The molecule has 5 heteroatoms. The summed E-state index contributed by atoms with van der Waals surface area (Å²) in [4.78, 5) is 7.93. The van der Waals surface area contributed by atoms with Crippen molar-refractivity contribution in [1.29, 1.82) is 0 Å². The van der Waals surface area contributed by atoms with Gasteiger partial charge >= 0.3 is 0 Å². The van der Waals surface area contributed by atoms with E-state index in [4.69, 9.17) is 0 Å². The van der Waals surface area contributed by atoms with Crippen molar-refractivity contribution in [3.8, 4) is 11.3 Å². The van der Waals surface area contributed by atoms with Crippen molar-refractivity contribution in [2.45, 2.75) is 0 Å². The van der Waals surface area contributed by atoms with Gasteiger partial charge in [-0.1, -0.05) is 6.07 Å². The summed E-state index contributed by atoms with van der Waals surface area (Å²) in [5.74, 6) is -1.42. The van der Waals surface area contributed by atoms with Crippen LogP contribution in [0.15, 0.2) is 30.5 Å². The normalized spacial score (nSPS) is 10.2. The van der Waals surface area contributed by atoms with Crippen LogP contribution >= 0.6 is 0 Å². The molecule has 0 aliphatic carbocycles. The zero-order chi connectivity index (χ0) is 11.5. The third-order valence-electron chi connectivity index (χ3n) is 2.11. The minimum Gasteiger partial charge on any atom is -0.357 e. The zero-order valence-electron chi connectivity index (χ0n) is 8.54. The van der Waals surface area contributed by atoms with Crippen LogP contribution < -0.4 is 5.32 Å². The van der Waals surface area contributed by atoms with E-state index in [0.29, 0.717) is 11.6 Å². The highest BCUT2D eigenvalue weighted by molar-refractivity contribution is 5.60. The molecule has 0 saturated heterocycles. The molecule has 0 bridgehead atoms. The summed E-state index contributed by atoms with van der Waals surface area (Å²) >= 11 is 0. The Kier molecular flexibility index (Phi) is 2.76. The Labute approximate surface area is 91.2 Å². The summed E-state index contributed by atoms with van der Waals surface area (Å²) in [7, 11) is 1.65. The second-order valence-electron chi connectivity index (χ2n) is 3.12. The second kappa shape index (κ2) is 4.22. The smallest absolute Gasteiger partial charge is 0.222 e. The molecule has 1 aromatic carbocycles. The first-order chi connectivity index (χ1) is 7.72. The maximum atomic E-state index is 13.5. The topological polar surface area (TPSA) is 37.8 Å². The number of hydrogen-bond donors (Lipinski definition) is 1. The summed E-state index contributed by atoms with van der Waals surface area (Å²) < 4.78 is 26.5. The lowest BCUT2D eigenvalue weighted by molar-refractivity contribution is 0.511. The minimum absolute atomic E-state index is 0.124. The van der Waals surface area contributed by atoms with E-state index in [-0.39, 0.29) is 5.56 Å². The van der Waals surface area contributed by atoms with Crippen LogP contribution in [0.3, 0.4) is 0 Å². The van der Waals surface area contributed by atoms with Gasteiger partial charge in [-0.05, 0) is 18.2 Å². The quantitative estimate of drug-likeness (QED) is 0.846. The van der Waals surface area contributed by atoms with E-state index < -0.39 is 11.6 Å². The molecule has 82 valence electrons. The van der Waals surface area contributed by atoms with Gasteiger partial charge in [-0.2, -0.15) is 0 Å². The predicted molar refractivity (Wildman–Crippen MR) is 56.9 cm³/mol. The van der Waals surface area contributed by atoms with Crippen molar-refractivity contribution in [2.75, 3.05) is 12.4 Å². The maximum Gasteiger partial charge on any atom is 0.222 e. The van der Waals surface area contributed by atoms with E-state index >= 15 is 0 Å². The predicted octanol–water partition coefficient (Wildman–Crippen LogP) is 2.46. The monoisotopic (exact) mass is 221 g/mol. The molecule has 0 aliphatic rings. The average Bonchev–Trinajstić information content (AvgIpc) is 2.33. The number of halogens is 2. The fourth-order valence-corrected chi connectivity index (χ4v) is 1.33. The number of anilines is 1. The first-order valence-corrected chi connectivity index (χ1v) is 4.67. The van der Waals surface area contributed by atoms with Crippen LogP contribution in [0, 0.1) is 11.6 Å². The molecule has 1 aromatic heterocycles. The number of aromatic nitrogens is 2. The zero-order valence-corrected chi connectivity index (χ0v) is 8.54. The lowest BCUT2D eigenvalue weighted by atomic mass is 10.1. The third-order valence-corrected chi connectivity index (χ3v) is 2.11. The van der Waals surface area contributed by atoms with E-state index in [2.05, 4.69) is 15.3 Å². The van der Waals surface area contributed by atoms with Gasteiger partial charge in [0.2, 0.25) is 5.95 Å². The Morgan fingerprint density at radius 1 is 1.19 bits per heavy atom. The van der Waals surface area contributed by atoms with Gasteiger partial charge in [-0.25, -0.2) is 18.7 Å². The van der Waals surface area contributed by atoms with Crippen LogP contribution in [0.2, 0.25) is 0 Å². The molecule has 0 amide bonds. The van der Waals surface area contributed by atoms with Gasteiger partial charge in [-0.3, -0.25) is 0 Å². The second-order valence-corrected chi connectivity index (χ2v) is 3.12. The summed E-state index contributed by atoms with van der Waals surface area (Å²) in [6.45, 7) is 0. The molecular weight excluding hydrogens is 212 g/mol. The highest BCUT2D eigenvalue weighted by Gasteiger charge is 2.10. The Balaban J connectivity index is 2.54. The van der Waals surface area contributed by atoms with Gasteiger partial charge in [0.05, 0.1) is 5.69 Å². The summed E-state index contributed by atoms with van der Waals surface area (Å²) in [5.41, 5.74) is 0.468. The maximum absolute atomic E-state index is 13.5. The van der Waals surface area contributed by atoms with Crippen molar-refractivity contribution in [3.63, 3.8) is 0 Å². The molecule has 0 fully saturated rings. The largest absolute Gasteiger partial charge is 0.357 e. The average molecular weight is 221 g/mol. The molecule has 1 heterocycles. The Bertz CT molecular complexity index is 514. The van der Waals surface area contributed by atoms with E-state index in [0.717, 1.165) is 6.07 Å². The molecule has 3 nitrogen and oxygen atoms in total. The Hall–Kier alpha value is -2.04. The molecule has 16 heavy (non-hydrogen) atoms. The molecule has 2 aromatic rings. The first-order valence-electron chi connectivity index (χ1n) is 4.67. The van der Waals surface area contributed by atoms with Crippen LogP contribution in [0.5, 0.6) is 0 Å². The summed E-state index contributed by atoms with van der Waals surface area (Å²) in [5, 5.41) is 2.73. The molecule has 2 rings (SSSR count). The van der Waals surface area contributed by atoms with Crippen molar-refractivity contribution in [3.05, 3.63) is 42.1 Å². The molecule has 0 saturated carbocycles. The fourth-order valence-electron chi connectivity index (χ4n) is 1.33. The van der Waals surface area contributed by atoms with Crippen molar-refractivity contribution in [2.24, 2.45) is 0 Å². The lowest BCUT2D eigenvalue weighted by Crippen LogP contribution is -1.98. The third kappa shape index (κ3) is 1.84. The Morgan fingerprint density at radius 2 is 2.00 bits per heavy atom. The van der Waals surface area contributed by atoms with Gasteiger partial charge in [0.15, 0.2) is 11.6 Å². The highest BCUT2D eigenvalue weighted by Crippen LogP contribution is 2.22. The fraction of sp³-hybridized carbons (Fsp3) is 0.0909. The van der Waals surface area contributed by atoms with E-state index in [1.54, 1.807) is 7.05 Å². The van der Waals surface area contributed by atoms with Crippen molar-refractivity contribution in [1.82, 2.24) is 9.97 Å². The van der Waals surface area contributed by atoms with Crippen LogP contribution in [-0.4, -0.2) is 17.0 Å². The molecular formula is C11H9F2N3. The van der Waals surface area contributed by atoms with E-state index in [1.807, 2.05) is 0 Å². The lowest BCUT2D eigenvalue weighted by Gasteiger charge is -2.04. The van der Waals surface area contributed by atoms with Crippen LogP contribution in [0.1, 0.15) is 0 Å². The van der Waals surface area contributed by atoms with Crippen LogP contribution in [-0.2, 0) is 0 Å². The standard InChI is InChI=1S/C11H9F2N3/c1-14-11-15-6-5-9(16-11)7-3-2-4-8(12)10(7)13/h2-6H,1H3,(H,14,15,16). The minimum atomic E-state index is -0.900. The van der Waals surface area contributed by atoms with Gasteiger partial charge in [0.1, 0.15) is 0 Å². The molecule has 0 radical (unpaired) electrons. The van der Waals surface area contributed by atoms with E-state index in [1.165, 1.54) is 24.4 Å². The van der Waals surface area contributed by atoms with Gasteiger partial charge in [-0.15, -0.1) is 0 Å². The summed E-state index contributed by atoms with van der Waals surface area (Å²) in [6.07, 6.45) is 1.48. The number of nitrogens with zero attached hydrogens (tertiary/aromatic N) is 2. The molecule has 0 spiro atoms.